The van der Waals surface area contributed by atoms with E-state index in [2.05, 4.69) is 26.3 Å². The molecule has 1 aromatic carbocycles. The van der Waals surface area contributed by atoms with Gasteiger partial charge in [-0.25, -0.2) is 0 Å². The number of anilines is 2. The second kappa shape index (κ2) is 6.43. The van der Waals surface area contributed by atoms with Gasteiger partial charge in [-0.05, 0) is 17.1 Å². The van der Waals surface area contributed by atoms with Gasteiger partial charge in [0, 0.05) is 32.7 Å². The Bertz CT molecular complexity index is 579. The van der Waals surface area contributed by atoms with Crippen molar-refractivity contribution < 1.29 is 5.11 Å². The molecule has 112 valence electrons. The van der Waals surface area contributed by atoms with Crippen molar-refractivity contribution in [2.45, 2.75) is 0 Å². The molecule has 0 spiro atoms. The number of nitrogens with two attached hydrogens (primary N) is 1. The quantitative estimate of drug-likeness (QED) is 0.896. The first-order valence-electron chi connectivity index (χ1n) is 7.18. The van der Waals surface area contributed by atoms with Gasteiger partial charge in [0.15, 0.2) is 0 Å². The van der Waals surface area contributed by atoms with Crippen LogP contribution in [0.5, 0.6) is 0 Å². The number of nitrogen functional groups attached to an aromatic ring is 1. The zero-order chi connectivity index (χ0) is 14.7. The minimum absolute atomic E-state index is 0.225. The third-order valence-electron chi connectivity index (χ3n) is 3.84. The maximum absolute atomic E-state index is 9.02. The van der Waals surface area contributed by atoms with Crippen molar-refractivity contribution in [2.24, 2.45) is 0 Å². The number of hydrogen-bond donors (Lipinski definition) is 2. The van der Waals surface area contributed by atoms with E-state index < -0.39 is 0 Å². The van der Waals surface area contributed by atoms with Crippen LogP contribution in [0.3, 0.4) is 0 Å². The van der Waals surface area contributed by atoms with Crippen molar-refractivity contribution >= 4 is 22.4 Å². The van der Waals surface area contributed by atoms with E-state index in [9.17, 15) is 0 Å². The lowest BCUT2D eigenvalue weighted by Gasteiger charge is -2.35. The van der Waals surface area contributed by atoms with Crippen molar-refractivity contribution in [3.8, 4) is 11.1 Å². The molecule has 0 bridgehead atoms. The Morgan fingerprint density at radius 2 is 1.86 bits per heavy atom. The number of aliphatic hydroxyl groups is 1. The largest absolute Gasteiger partial charge is 0.395 e. The zero-order valence-electron chi connectivity index (χ0n) is 11.9. The molecule has 3 N–H and O–H groups in total. The van der Waals surface area contributed by atoms with Crippen LogP contribution in [-0.4, -0.2) is 53.7 Å². The first kappa shape index (κ1) is 14.3. The van der Waals surface area contributed by atoms with E-state index in [1.807, 2.05) is 18.2 Å². The molecule has 1 aliphatic heterocycles. The molecular weight excluding hydrogens is 284 g/mol. The van der Waals surface area contributed by atoms with Crippen LogP contribution in [0.1, 0.15) is 0 Å². The number of aliphatic hydroxyl groups excluding tert-OH is 1. The summed E-state index contributed by atoms with van der Waals surface area (Å²) in [5, 5.41) is 10.2. The summed E-state index contributed by atoms with van der Waals surface area (Å²) in [7, 11) is 0. The molecule has 0 aliphatic carbocycles. The third-order valence-corrected chi connectivity index (χ3v) is 4.76. The maximum Gasteiger partial charge on any atom is 0.147 e. The van der Waals surface area contributed by atoms with Crippen molar-refractivity contribution in [1.29, 1.82) is 0 Å². The van der Waals surface area contributed by atoms with Crippen molar-refractivity contribution in [3.63, 3.8) is 0 Å². The molecule has 0 radical (unpaired) electrons. The van der Waals surface area contributed by atoms with Gasteiger partial charge in [0.2, 0.25) is 0 Å². The first-order valence-corrected chi connectivity index (χ1v) is 7.95. The molecule has 6 heteroatoms. The topological polar surface area (TPSA) is 65.6 Å². The highest BCUT2D eigenvalue weighted by Crippen LogP contribution is 2.39. The Morgan fingerprint density at radius 3 is 2.52 bits per heavy atom. The predicted molar refractivity (Wildman–Crippen MR) is 87.7 cm³/mol. The summed E-state index contributed by atoms with van der Waals surface area (Å²) in [5.74, 6) is 0.610. The number of β-amino-alcohol motifs (C(OH)–C–C–N with tert-alkyl or cyclic N) is 1. The van der Waals surface area contributed by atoms with Crippen LogP contribution < -0.4 is 10.6 Å². The fourth-order valence-corrected chi connectivity index (χ4v) is 3.59. The molecule has 2 heterocycles. The van der Waals surface area contributed by atoms with Gasteiger partial charge >= 0.3 is 0 Å². The van der Waals surface area contributed by atoms with Gasteiger partial charge in [-0.1, -0.05) is 30.3 Å². The molecule has 1 saturated heterocycles. The Kier molecular flexibility index (Phi) is 4.38. The van der Waals surface area contributed by atoms with E-state index in [0.717, 1.165) is 48.9 Å². The van der Waals surface area contributed by atoms with Gasteiger partial charge < -0.3 is 15.7 Å². The van der Waals surface area contributed by atoms with Gasteiger partial charge in [0.05, 0.1) is 12.2 Å². The molecule has 0 unspecified atom stereocenters. The zero-order valence-corrected chi connectivity index (χ0v) is 12.7. The Balaban J connectivity index is 1.81. The molecule has 3 rings (SSSR count). The molecule has 1 aliphatic rings. The van der Waals surface area contributed by atoms with Crippen LogP contribution in [0.4, 0.5) is 10.8 Å². The van der Waals surface area contributed by atoms with Gasteiger partial charge in [0.25, 0.3) is 0 Å². The van der Waals surface area contributed by atoms with Crippen LogP contribution in [-0.2, 0) is 0 Å². The molecule has 0 atom stereocenters. The van der Waals surface area contributed by atoms with Gasteiger partial charge in [-0.15, -0.1) is 0 Å². The molecule has 21 heavy (non-hydrogen) atoms. The molecule has 5 nitrogen and oxygen atoms in total. The highest BCUT2D eigenvalue weighted by Gasteiger charge is 2.23. The summed E-state index contributed by atoms with van der Waals surface area (Å²) in [5.41, 5.74) is 8.26. The van der Waals surface area contributed by atoms with Gasteiger partial charge in [0.1, 0.15) is 10.8 Å². The molecule has 1 aromatic heterocycles. The normalized spacial score (nSPS) is 16.3. The summed E-state index contributed by atoms with van der Waals surface area (Å²) >= 11 is 1.48. The number of rotatable bonds is 4. The summed E-state index contributed by atoms with van der Waals surface area (Å²) in [4.78, 5) is 4.63. The number of nitrogens with zero attached hydrogens (tertiary/aromatic N) is 3. The second-order valence-corrected chi connectivity index (χ2v) is 5.92. The smallest absolute Gasteiger partial charge is 0.147 e. The van der Waals surface area contributed by atoms with Crippen LogP contribution in [0, 0.1) is 0 Å². The standard InChI is InChI=1S/C15H20N4OS/c16-14-13(12-4-2-1-3-5-12)15(21-17-14)19-8-6-18(7-9-19)10-11-20/h1-5,20H,6-11H2,(H2,16,17). The minimum atomic E-state index is 0.225. The highest BCUT2D eigenvalue weighted by molar-refractivity contribution is 7.11. The van der Waals surface area contributed by atoms with E-state index in [4.69, 9.17) is 10.8 Å². The summed E-state index contributed by atoms with van der Waals surface area (Å²) in [6, 6.07) is 10.2. The van der Waals surface area contributed by atoms with Crippen LogP contribution in [0.2, 0.25) is 0 Å². The minimum Gasteiger partial charge on any atom is -0.395 e. The first-order chi connectivity index (χ1) is 10.3. The summed E-state index contributed by atoms with van der Waals surface area (Å²) < 4.78 is 4.35. The predicted octanol–water partition coefficient (Wildman–Crippen LogP) is 1.51. The SMILES string of the molecule is Nc1nsc(N2CCN(CCO)CC2)c1-c1ccccc1. The van der Waals surface area contributed by atoms with Gasteiger partial charge in [-0.3, -0.25) is 4.90 Å². The second-order valence-electron chi connectivity index (χ2n) is 5.17. The summed E-state index contributed by atoms with van der Waals surface area (Å²) in [6.45, 7) is 4.80. The number of benzene rings is 1. The van der Waals surface area contributed by atoms with E-state index >= 15 is 0 Å². The van der Waals surface area contributed by atoms with Crippen LogP contribution in [0.25, 0.3) is 11.1 Å². The van der Waals surface area contributed by atoms with Crippen molar-refractivity contribution in [2.75, 3.05) is 50.0 Å². The van der Waals surface area contributed by atoms with E-state index in [1.165, 1.54) is 11.5 Å². The van der Waals surface area contributed by atoms with Gasteiger partial charge in [-0.2, -0.15) is 4.37 Å². The number of hydrogen-bond acceptors (Lipinski definition) is 6. The van der Waals surface area contributed by atoms with Crippen LogP contribution in [0.15, 0.2) is 30.3 Å². The molecule has 0 saturated carbocycles. The molecule has 2 aromatic rings. The average molecular weight is 304 g/mol. The number of aromatic nitrogens is 1. The summed E-state index contributed by atoms with van der Waals surface area (Å²) in [6.07, 6.45) is 0. The van der Waals surface area contributed by atoms with E-state index in [1.54, 1.807) is 0 Å². The lowest BCUT2D eigenvalue weighted by Crippen LogP contribution is -2.47. The highest BCUT2D eigenvalue weighted by atomic mass is 32.1. The van der Waals surface area contributed by atoms with Crippen molar-refractivity contribution in [1.82, 2.24) is 9.27 Å². The monoisotopic (exact) mass is 304 g/mol. The fraction of sp³-hybridized carbons (Fsp3) is 0.400. The Morgan fingerprint density at radius 1 is 1.14 bits per heavy atom. The van der Waals surface area contributed by atoms with Crippen LogP contribution >= 0.6 is 11.5 Å². The Labute approximate surface area is 128 Å². The molecule has 1 fully saturated rings. The van der Waals surface area contributed by atoms with Crippen molar-refractivity contribution in [3.05, 3.63) is 30.3 Å². The third kappa shape index (κ3) is 3.02. The lowest BCUT2D eigenvalue weighted by atomic mass is 10.1. The maximum atomic E-state index is 9.02. The molecule has 0 amide bonds. The van der Waals surface area contributed by atoms with E-state index in [0.29, 0.717) is 5.82 Å². The Hall–Kier alpha value is -1.63. The number of piperazine rings is 1. The van der Waals surface area contributed by atoms with E-state index in [-0.39, 0.29) is 6.61 Å². The average Bonchev–Trinajstić information content (AvgIpc) is 2.91. The molecular formula is C15H20N4OS. The lowest BCUT2D eigenvalue weighted by molar-refractivity contribution is 0.189. The fourth-order valence-electron chi connectivity index (χ4n) is 2.70.